The molecule has 19 heavy (non-hydrogen) atoms. The fourth-order valence-corrected chi connectivity index (χ4v) is 2.04. The minimum Gasteiger partial charge on any atom is -0.339 e. The maximum atomic E-state index is 13.8. The van der Waals surface area contributed by atoms with Crippen LogP contribution in [-0.4, -0.2) is 30.4 Å². The van der Waals surface area contributed by atoms with Gasteiger partial charge in [0, 0.05) is 18.7 Å². The number of carbonyl (C=O) groups excluding carboxylic acids is 1. The van der Waals surface area contributed by atoms with Crippen molar-refractivity contribution >= 4 is 5.91 Å². The van der Waals surface area contributed by atoms with E-state index in [1.807, 2.05) is 0 Å². The smallest absolute Gasteiger partial charge is 0.253 e. The summed E-state index contributed by atoms with van der Waals surface area (Å²) in [5.74, 6) is 4.62. The number of carbonyl (C=O) groups is 1. The second kappa shape index (κ2) is 5.85. The van der Waals surface area contributed by atoms with E-state index >= 15 is 0 Å². The van der Waals surface area contributed by atoms with Crippen LogP contribution in [0.3, 0.4) is 0 Å². The van der Waals surface area contributed by atoms with Gasteiger partial charge in [0.15, 0.2) is 0 Å². The predicted octanol–water partition coefficient (Wildman–Crippen LogP) is 1.76. The maximum absolute atomic E-state index is 13.8. The molecule has 0 atom stereocenters. The lowest BCUT2D eigenvalue weighted by molar-refractivity contribution is 0.0651. The van der Waals surface area contributed by atoms with Crippen LogP contribution in [0.4, 0.5) is 4.39 Å². The van der Waals surface area contributed by atoms with E-state index in [1.54, 1.807) is 18.0 Å². The average Bonchev–Trinajstić information content (AvgIpc) is 2.34. The second-order valence-corrected chi connectivity index (χ2v) is 4.70. The molecule has 1 aromatic rings. The Morgan fingerprint density at radius 3 is 2.79 bits per heavy atom. The van der Waals surface area contributed by atoms with Gasteiger partial charge < -0.3 is 10.6 Å². The van der Waals surface area contributed by atoms with Gasteiger partial charge in [-0.3, -0.25) is 4.79 Å². The van der Waals surface area contributed by atoms with E-state index < -0.39 is 5.82 Å². The summed E-state index contributed by atoms with van der Waals surface area (Å²) in [7, 11) is 1.77. The van der Waals surface area contributed by atoms with Crippen LogP contribution in [0.1, 0.15) is 35.2 Å². The van der Waals surface area contributed by atoms with Crippen LogP contribution in [0.2, 0.25) is 0 Å². The summed E-state index contributed by atoms with van der Waals surface area (Å²) in [6.45, 7) is 0.185. The van der Waals surface area contributed by atoms with Gasteiger partial charge in [-0.15, -0.1) is 0 Å². The van der Waals surface area contributed by atoms with E-state index in [4.69, 9.17) is 5.73 Å². The first-order valence-electron chi connectivity index (χ1n) is 6.39. The van der Waals surface area contributed by atoms with Crippen LogP contribution >= 0.6 is 0 Å². The van der Waals surface area contributed by atoms with E-state index in [9.17, 15) is 9.18 Å². The molecule has 2 rings (SSSR count). The van der Waals surface area contributed by atoms with Crippen LogP contribution in [0.5, 0.6) is 0 Å². The molecule has 1 amide bonds. The maximum Gasteiger partial charge on any atom is 0.253 e. The summed E-state index contributed by atoms with van der Waals surface area (Å²) < 4.78 is 13.8. The molecule has 0 unspecified atom stereocenters. The molecule has 1 fully saturated rings. The molecule has 3 nitrogen and oxygen atoms in total. The Morgan fingerprint density at radius 2 is 2.26 bits per heavy atom. The van der Waals surface area contributed by atoms with Gasteiger partial charge in [0.2, 0.25) is 0 Å². The molecule has 0 aliphatic heterocycles. The van der Waals surface area contributed by atoms with Gasteiger partial charge in [-0.2, -0.15) is 0 Å². The first-order valence-corrected chi connectivity index (χ1v) is 6.39. The molecule has 4 heteroatoms. The van der Waals surface area contributed by atoms with Gasteiger partial charge in [0.05, 0.1) is 12.1 Å². The molecule has 0 bridgehead atoms. The molecule has 1 aliphatic rings. The lowest BCUT2D eigenvalue weighted by Gasteiger charge is -2.34. The summed E-state index contributed by atoms with van der Waals surface area (Å²) in [5.41, 5.74) is 5.88. The van der Waals surface area contributed by atoms with E-state index in [1.165, 1.54) is 12.1 Å². The zero-order valence-electron chi connectivity index (χ0n) is 10.9. The normalized spacial score (nSPS) is 14.3. The largest absolute Gasteiger partial charge is 0.339 e. The Labute approximate surface area is 112 Å². The van der Waals surface area contributed by atoms with Crippen molar-refractivity contribution in [3.05, 3.63) is 35.1 Å². The topological polar surface area (TPSA) is 46.3 Å². The third kappa shape index (κ3) is 2.94. The number of amides is 1. The molecule has 0 saturated heterocycles. The first kappa shape index (κ1) is 13.6. The predicted molar refractivity (Wildman–Crippen MR) is 72.1 cm³/mol. The average molecular weight is 260 g/mol. The molecule has 0 aromatic heterocycles. The third-order valence-corrected chi connectivity index (χ3v) is 3.48. The highest BCUT2D eigenvalue weighted by Gasteiger charge is 2.26. The van der Waals surface area contributed by atoms with Crippen molar-refractivity contribution in [1.82, 2.24) is 4.90 Å². The van der Waals surface area contributed by atoms with Crippen molar-refractivity contribution in [2.75, 3.05) is 13.6 Å². The van der Waals surface area contributed by atoms with Gasteiger partial charge in [-0.25, -0.2) is 4.39 Å². The highest BCUT2D eigenvalue weighted by Crippen LogP contribution is 2.25. The van der Waals surface area contributed by atoms with Crippen LogP contribution in [0.15, 0.2) is 18.2 Å². The molecular weight excluding hydrogens is 243 g/mol. The zero-order chi connectivity index (χ0) is 13.8. The molecule has 0 spiro atoms. The van der Waals surface area contributed by atoms with Gasteiger partial charge in [0.25, 0.3) is 5.91 Å². The summed E-state index contributed by atoms with van der Waals surface area (Å²) in [5, 5.41) is 0. The molecule has 1 aromatic carbocycles. The van der Waals surface area contributed by atoms with E-state index in [0.717, 1.165) is 19.3 Å². The lowest BCUT2D eigenvalue weighted by atomic mass is 9.91. The Balaban J connectivity index is 2.16. The number of nitrogens with two attached hydrogens (primary N) is 1. The van der Waals surface area contributed by atoms with Gasteiger partial charge >= 0.3 is 0 Å². The molecule has 2 N–H and O–H groups in total. The van der Waals surface area contributed by atoms with Gasteiger partial charge in [0.1, 0.15) is 5.82 Å². The summed E-state index contributed by atoms with van der Waals surface area (Å²) in [6.07, 6.45) is 3.22. The molecule has 100 valence electrons. The number of benzene rings is 1. The van der Waals surface area contributed by atoms with Crippen molar-refractivity contribution in [3.63, 3.8) is 0 Å². The summed E-state index contributed by atoms with van der Waals surface area (Å²) >= 11 is 0. The highest BCUT2D eigenvalue weighted by molar-refractivity contribution is 5.94. The van der Waals surface area contributed by atoms with Crippen LogP contribution in [0, 0.1) is 17.7 Å². The Bertz CT molecular complexity index is 541. The molecule has 0 radical (unpaired) electrons. The standard InChI is InChI=1S/C15H17FN2O/c1-18(13-5-2-6-13)15(19)12-8-7-11(4-3-9-17)14(16)10-12/h7-8,10,13H,2,5-6,9,17H2,1H3. The van der Waals surface area contributed by atoms with Crippen LogP contribution in [-0.2, 0) is 0 Å². The van der Waals surface area contributed by atoms with E-state index in [-0.39, 0.29) is 18.0 Å². The summed E-state index contributed by atoms with van der Waals surface area (Å²) in [4.78, 5) is 13.9. The minimum absolute atomic E-state index is 0.137. The molecular formula is C15H17FN2O. The van der Waals surface area contributed by atoms with Crippen molar-refractivity contribution in [2.24, 2.45) is 5.73 Å². The van der Waals surface area contributed by atoms with Crippen LogP contribution < -0.4 is 5.73 Å². The lowest BCUT2D eigenvalue weighted by Crippen LogP contribution is -2.41. The molecule has 0 heterocycles. The van der Waals surface area contributed by atoms with Crippen molar-refractivity contribution in [1.29, 1.82) is 0 Å². The monoisotopic (exact) mass is 260 g/mol. The van der Waals surface area contributed by atoms with Crippen molar-refractivity contribution in [2.45, 2.75) is 25.3 Å². The van der Waals surface area contributed by atoms with Gasteiger partial charge in [-0.1, -0.05) is 11.8 Å². The number of hydrogen-bond acceptors (Lipinski definition) is 2. The minimum atomic E-state index is -0.478. The second-order valence-electron chi connectivity index (χ2n) is 4.70. The number of rotatable bonds is 2. The highest BCUT2D eigenvalue weighted by atomic mass is 19.1. The van der Waals surface area contributed by atoms with Crippen molar-refractivity contribution < 1.29 is 9.18 Å². The SMILES string of the molecule is CN(C(=O)c1ccc(C#CCN)c(F)c1)C1CCC1. The van der Waals surface area contributed by atoms with Gasteiger partial charge in [-0.05, 0) is 37.5 Å². The third-order valence-electron chi connectivity index (χ3n) is 3.48. The summed E-state index contributed by atoms with van der Waals surface area (Å²) in [6, 6.07) is 4.69. The quantitative estimate of drug-likeness (QED) is 0.824. The zero-order valence-corrected chi connectivity index (χ0v) is 10.9. The van der Waals surface area contributed by atoms with E-state index in [0.29, 0.717) is 11.6 Å². The molecule has 1 saturated carbocycles. The molecule has 1 aliphatic carbocycles. The Morgan fingerprint density at radius 1 is 1.53 bits per heavy atom. The van der Waals surface area contributed by atoms with E-state index in [2.05, 4.69) is 11.8 Å². The number of halogens is 1. The van der Waals surface area contributed by atoms with Crippen LogP contribution in [0.25, 0.3) is 0 Å². The fraction of sp³-hybridized carbons (Fsp3) is 0.400. The first-order chi connectivity index (χ1) is 9.13. The fourth-order valence-electron chi connectivity index (χ4n) is 2.04. The Hall–Kier alpha value is -1.86. The van der Waals surface area contributed by atoms with Crippen molar-refractivity contribution in [3.8, 4) is 11.8 Å². The number of hydrogen-bond donors (Lipinski definition) is 1. The Kier molecular flexibility index (Phi) is 4.18. The number of nitrogens with zero attached hydrogens (tertiary/aromatic N) is 1.